The van der Waals surface area contributed by atoms with Gasteiger partial charge in [0.25, 0.3) is 5.91 Å². The summed E-state index contributed by atoms with van der Waals surface area (Å²) in [5.74, 6) is -0.822. The lowest BCUT2D eigenvalue weighted by atomic mass is 10.2. The quantitative estimate of drug-likeness (QED) is 0.612. The summed E-state index contributed by atoms with van der Waals surface area (Å²) in [6, 6.07) is 8.78. The van der Waals surface area contributed by atoms with Crippen LogP contribution in [0.1, 0.15) is 23.7 Å². The van der Waals surface area contributed by atoms with Gasteiger partial charge in [-0.25, -0.2) is 9.37 Å². The monoisotopic (exact) mass is 348 g/mol. The van der Waals surface area contributed by atoms with Gasteiger partial charge in [0.15, 0.2) is 0 Å². The minimum Gasteiger partial charge on any atom is -0.465 e. The van der Waals surface area contributed by atoms with Gasteiger partial charge < -0.3 is 10.1 Å². The second kappa shape index (κ2) is 9.02. The van der Waals surface area contributed by atoms with Gasteiger partial charge in [0, 0.05) is 11.9 Å². The molecular weight excluding hydrogens is 331 g/mol. The highest BCUT2D eigenvalue weighted by molar-refractivity contribution is 7.99. The number of carbonyl (C=O) groups excluding carboxylic acids is 2. The highest BCUT2D eigenvalue weighted by Crippen LogP contribution is 2.16. The average Bonchev–Trinajstić information content (AvgIpc) is 2.60. The van der Waals surface area contributed by atoms with Crippen LogP contribution in [0.5, 0.6) is 0 Å². The fourth-order valence-electron chi connectivity index (χ4n) is 1.73. The fourth-order valence-corrected chi connectivity index (χ4v) is 2.37. The predicted molar refractivity (Wildman–Crippen MR) is 90.6 cm³/mol. The SMILES string of the molecule is CCCOC(=O)CSc1ccc(C(=O)Nc2ccc(F)cc2)cn1. The van der Waals surface area contributed by atoms with Crippen molar-refractivity contribution in [2.24, 2.45) is 0 Å². The number of halogens is 1. The minimum atomic E-state index is -0.367. The van der Waals surface area contributed by atoms with Crippen molar-refractivity contribution in [3.05, 3.63) is 54.0 Å². The Morgan fingerprint density at radius 1 is 1.21 bits per heavy atom. The molecule has 7 heteroatoms. The van der Waals surface area contributed by atoms with Crippen LogP contribution < -0.4 is 5.32 Å². The van der Waals surface area contributed by atoms with Gasteiger partial charge in [-0.05, 0) is 42.8 Å². The normalized spacial score (nSPS) is 10.2. The first-order valence-corrected chi connectivity index (χ1v) is 8.38. The van der Waals surface area contributed by atoms with Gasteiger partial charge in [-0.15, -0.1) is 0 Å². The maximum atomic E-state index is 12.8. The lowest BCUT2D eigenvalue weighted by molar-refractivity contribution is -0.140. The van der Waals surface area contributed by atoms with Crippen molar-refractivity contribution in [3.8, 4) is 0 Å². The molecule has 0 saturated carbocycles. The molecule has 0 fully saturated rings. The van der Waals surface area contributed by atoms with E-state index in [9.17, 15) is 14.0 Å². The van der Waals surface area contributed by atoms with Gasteiger partial charge in [-0.1, -0.05) is 18.7 Å². The molecule has 0 aliphatic rings. The Balaban J connectivity index is 1.87. The number of hydrogen-bond acceptors (Lipinski definition) is 5. The first-order valence-electron chi connectivity index (χ1n) is 7.40. The van der Waals surface area contributed by atoms with Gasteiger partial charge in [0.2, 0.25) is 0 Å². The summed E-state index contributed by atoms with van der Waals surface area (Å²) in [7, 11) is 0. The molecule has 1 amide bonds. The third-order valence-electron chi connectivity index (χ3n) is 2.91. The van der Waals surface area contributed by atoms with Crippen LogP contribution in [-0.4, -0.2) is 29.2 Å². The Hall–Kier alpha value is -2.41. The second-order valence-electron chi connectivity index (χ2n) is 4.86. The standard InChI is InChI=1S/C17H17FN2O3S/c1-2-9-23-16(21)11-24-15-8-3-12(10-19-15)17(22)20-14-6-4-13(18)5-7-14/h3-8,10H,2,9,11H2,1H3,(H,20,22). The molecule has 2 aromatic rings. The van der Waals surface area contributed by atoms with Gasteiger partial charge in [0.05, 0.1) is 22.9 Å². The molecule has 5 nitrogen and oxygen atoms in total. The van der Waals surface area contributed by atoms with Crippen molar-refractivity contribution < 1.29 is 18.7 Å². The Morgan fingerprint density at radius 2 is 1.96 bits per heavy atom. The van der Waals surface area contributed by atoms with Crippen LogP contribution >= 0.6 is 11.8 Å². The Labute approximate surface area is 143 Å². The molecule has 0 aliphatic carbocycles. The predicted octanol–water partition coefficient (Wildman–Crippen LogP) is 3.52. The number of esters is 1. The zero-order valence-electron chi connectivity index (χ0n) is 13.1. The number of carbonyl (C=O) groups is 2. The maximum absolute atomic E-state index is 12.8. The van der Waals surface area contributed by atoms with Crippen molar-refractivity contribution in [2.75, 3.05) is 17.7 Å². The number of amides is 1. The van der Waals surface area contributed by atoms with E-state index >= 15 is 0 Å². The number of anilines is 1. The van der Waals surface area contributed by atoms with Crippen molar-refractivity contribution in [2.45, 2.75) is 18.4 Å². The van der Waals surface area contributed by atoms with E-state index in [-0.39, 0.29) is 23.4 Å². The highest BCUT2D eigenvalue weighted by Gasteiger charge is 2.09. The molecule has 0 spiro atoms. The van der Waals surface area contributed by atoms with E-state index in [0.717, 1.165) is 6.42 Å². The molecule has 1 heterocycles. The number of pyridine rings is 1. The van der Waals surface area contributed by atoms with Crippen LogP contribution in [0.2, 0.25) is 0 Å². The summed E-state index contributed by atoms with van der Waals surface area (Å²) in [6.45, 7) is 2.34. The molecule has 24 heavy (non-hydrogen) atoms. The van der Waals surface area contributed by atoms with Crippen molar-refractivity contribution in [1.82, 2.24) is 4.98 Å². The number of benzene rings is 1. The molecule has 2 rings (SSSR count). The van der Waals surface area contributed by atoms with Crippen LogP contribution in [0.4, 0.5) is 10.1 Å². The molecule has 0 saturated heterocycles. The number of nitrogens with one attached hydrogen (secondary N) is 1. The Morgan fingerprint density at radius 3 is 2.58 bits per heavy atom. The summed E-state index contributed by atoms with van der Waals surface area (Å²) in [5, 5.41) is 3.28. The van der Waals surface area contributed by atoms with Crippen LogP contribution in [0.15, 0.2) is 47.6 Å². The van der Waals surface area contributed by atoms with E-state index in [1.165, 1.54) is 42.2 Å². The van der Waals surface area contributed by atoms with Gasteiger partial charge in [0.1, 0.15) is 5.82 Å². The summed E-state index contributed by atoms with van der Waals surface area (Å²) >= 11 is 1.25. The zero-order chi connectivity index (χ0) is 17.4. The largest absolute Gasteiger partial charge is 0.465 e. The van der Waals surface area contributed by atoms with E-state index in [2.05, 4.69) is 10.3 Å². The summed E-state index contributed by atoms with van der Waals surface area (Å²) in [4.78, 5) is 27.6. The molecular formula is C17H17FN2O3S. The molecule has 0 radical (unpaired) electrons. The summed E-state index contributed by atoms with van der Waals surface area (Å²) in [5.41, 5.74) is 0.871. The van der Waals surface area contributed by atoms with Crippen molar-refractivity contribution in [1.29, 1.82) is 0 Å². The first-order chi connectivity index (χ1) is 11.6. The average molecular weight is 348 g/mol. The van der Waals surface area contributed by atoms with E-state index < -0.39 is 0 Å². The number of thioether (sulfide) groups is 1. The third kappa shape index (κ3) is 5.66. The summed E-state index contributed by atoms with van der Waals surface area (Å²) < 4.78 is 17.8. The molecule has 126 valence electrons. The molecule has 0 unspecified atom stereocenters. The second-order valence-corrected chi connectivity index (χ2v) is 5.85. The Kier molecular flexibility index (Phi) is 6.74. The van der Waals surface area contributed by atoms with Gasteiger partial charge in [-0.3, -0.25) is 9.59 Å². The third-order valence-corrected chi connectivity index (χ3v) is 3.82. The van der Waals surface area contributed by atoms with E-state index in [4.69, 9.17) is 4.74 Å². The Bertz CT molecular complexity index is 690. The van der Waals surface area contributed by atoms with Crippen LogP contribution in [0, 0.1) is 5.82 Å². The zero-order valence-corrected chi connectivity index (χ0v) is 13.9. The smallest absolute Gasteiger partial charge is 0.316 e. The lowest BCUT2D eigenvalue weighted by Crippen LogP contribution is -2.12. The number of aromatic nitrogens is 1. The molecule has 1 aromatic carbocycles. The van der Waals surface area contributed by atoms with Crippen molar-refractivity contribution in [3.63, 3.8) is 0 Å². The molecule has 0 atom stereocenters. The number of nitrogens with zero attached hydrogens (tertiary/aromatic N) is 1. The number of hydrogen-bond donors (Lipinski definition) is 1. The molecule has 0 bridgehead atoms. The summed E-state index contributed by atoms with van der Waals surface area (Å²) in [6.07, 6.45) is 2.21. The maximum Gasteiger partial charge on any atom is 0.316 e. The number of ether oxygens (including phenoxy) is 1. The van der Waals surface area contributed by atoms with Gasteiger partial charge >= 0.3 is 5.97 Å². The van der Waals surface area contributed by atoms with E-state index in [1.54, 1.807) is 12.1 Å². The first kappa shape index (κ1) is 17.9. The van der Waals surface area contributed by atoms with E-state index in [1.807, 2.05) is 6.92 Å². The van der Waals surface area contributed by atoms with Crippen LogP contribution in [0.25, 0.3) is 0 Å². The highest BCUT2D eigenvalue weighted by atomic mass is 32.2. The molecule has 1 aromatic heterocycles. The molecule has 1 N–H and O–H groups in total. The van der Waals surface area contributed by atoms with Crippen molar-refractivity contribution >= 4 is 29.3 Å². The topological polar surface area (TPSA) is 68.3 Å². The van der Waals surface area contributed by atoms with E-state index in [0.29, 0.717) is 22.9 Å². The molecule has 0 aliphatic heterocycles. The van der Waals surface area contributed by atoms with Crippen LogP contribution in [0.3, 0.4) is 0 Å². The van der Waals surface area contributed by atoms with Gasteiger partial charge in [-0.2, -0.15) is 0 Å². The van der Waals surface area contributed by atoms with Crippen LogP contribution in [-0.2, 0) is 9.53 Å². The number of rotatable bonds is 7. The lowest BCUT2D eigenvalue weighted by Gasteiger charge is -2.06. The fraction of sp³-hybridized carbons (Fsp3) is 0.235. The minimum absolute atomic E-state index is 0.175.